The molecule has 0 radical (unpaired) electrons. The average molecular weight is 597 g/mol. The maximum Gasteiger partial charge on any atom is 0.246 e. The summed E-state index contributed by atoms with van der Waals surface area (Å²) in [5.74, 6) is -0.111. The molecular weight excluding hydrogens is 556 g/mol. The zero-order valence-corrected chi connectivity index (χ0v) is 25.0. The highest BCUT2D eigenvalue weighted by Gasteiger charge is 2.56. The van der Waals surface area contributed by atoms with Crippen LogP contribution in [0.4, 0.5) is 0 Å². The minimum absolute atomic E-state index is 0.0223. The molecule has 6 rings (SSSR count). The number of likely N-dealkylation sites (N-methyl/N-ethyl adjacent to an activating group) is 1. The minimum Gasteiger partial charge on any atom is -0.362 e. The van der Waals surface area contributed by atoms with Crippen LogP contribution in [-0.4, -0.2) is 102 Å². The molecule has 0 aromatic heterocycles. The number of carbonyl (C=O) groups excluding carboxylic acids is 2. The molecule has 1 aromatic rings. The van der Waals surface area contributed by atoms with E-state index in [1.54, 1.807) is 4.90 Å². The van der Waals surface area contributed by atoms with Gasteiger partial charge in [0.2, 0.25) is 5.91 Å². The first-order valence-corrected chi connectivity index (χ1v) is 15.5. The van der Waals surface area contributed by atoms with Gasteiger partial charge in [0.15, 0.2) is 12.1 Å². The molecule has 5 aliphatic rings. The first-order valence-electron chi connectivity index (χ1n) is 15.2. The van der Waals surface area contributed by atoms with Crippen LogP contribution < -0.4 is 10.6 Å². The fraction of sp³-hybridized carbons (Fsp3) is 0.645. The number of fused-ring (bicyclic) bond motifs is 2. The van der Waals surface area contributed by atoms with Crippen LogP contribution in [0.3, 0.4) is 0 Å². The molecule has 0 bridgehead atoms. The molecule has 6 unspecified atom stereocenters. The number of benzene rings is 1. The SMILES string of the molecule is C=CC(=O)N1CCN(C2NC(OCC3CCCN3C)NC3C(=O)[C@@]4(CCC32)Cc2cccc(Cl)c2CO4)CC1CC#N. The lowest BCUT2D eigenvalue weighted by Gasteiger charge is -2.55. The highest BCUT2D eigenvalue weighted by Crippen LogP contribution is 2.43. The van der Waals surface area contributed by atoms with Crippen LogP contribution >= 0.6 is 11.6 Å². The Morgan fingerprint density at radius 2 is 2.14 bits per heavy atom. The van der Waals surface area contributed by atoms with E-state index in [-0.39, 0.29) is 36.2 Å². The smallest absolute Gasteiger partial charge is 0.246 e. The number of ketones is 1. The van der Waals surface area contributed by atoms with Gasteiger partial charge >= 0.3 is 0 Å². The third-order valence-electron chi connectivity index (χ3n) is 10.1. The van der Waals surface area contributed by atoms with Gasteiger partial charge in [0, 0.05) is 43.0 Å². The summed E-state index contributed by atoms with van der Waals surface area (Å²) in [6.07, 6.45) is 5.03. The summed E-state index contributed by atoms with van der Waals surface area (Å²) >= 11 is 6.45. The molecule has 4 heterocycles. The van der Waals surface area contributed by atoms with Crippen molar-refractivity contribution in [3.8, 4) is 6.07 Å². The quantitative estimate of drug-likeness (QED) is 0.477. The number of amides is 1. The maximum atomic E-state index is 14.4. The van der Waals surface area contributed by atoms with Gasteiger partial charge in [0.05, 0.1) is 44.0 Å². The predicted molar refractivity (Wildman–Crippen MR) is 157 cm³/mol. The Hall–Kier alpha value is -2.36. The summed E-state index contributed by atoms with van der Waals surface area (Å²) in [5, 5.41) is 17.4. The Morgan fingerprint density at radius 3 is 2.90 bits per heavy atom. The average Bonchev–Trinajstić information content (AvgIpc) is 3.42. The van der Waals surface area contributed by atoms with E-state index >= 15 is 0 Å². The molecule has 11 heteroatoms. The lowest BCUT2D eigenvalue weighted by Crippen LogP contribution is -2.75. The second kappa shape index (κ2) is 12.3. The molecule has 1 spiro atoms. The number of piperazine rings is 1. The molecule has 1 aliphatic carbocycles. The summed E-state index contributed by atoms with van der Waals surface area (Å²) in [6, 6.07) is 7.74. The Bertz CT molecular complexity index is 1260. The van der Waals surface area contributed by atoms with Crippen LogP contribution in [0.15, 0.2) is 30.9 Å². The van der Waals surface area contributed by atoms with Crippen LogP contribution in [0.2, 0.25) is 5.02 Å². The monoisotopic (exact) mass is 596 g/mol. The Balaban J connectivity index is 1.24. The van der Waals surface area contributed by atoms with Gasteiger partial charge in [-0.05, 0) is 62.5 Å². The van der Waals surface area contributed by atoms with Gasteiger partial charge in [-0.1, -0.05) is 30.3 Å². The van der Waals surface area contributed by atoms with Crippen molar-refractivity contribution in [2.75, 3.05) is 39.8 Å². The highest BCUT2D eigenvalue weighted by molar-refractivity contribution is 6.31. The molecule has 7 atom stereocenters. The number of nitrogens with one attached hydrogen (secondary N) is 2. The topological polar surface area (TPSA) is 110 Å². The predicted octanol–water partition coefficient (Wildman–Crippen LogP) is 2.02. The van der Waals surface area contributed by atoms with Gasteiger partial charge < -0.3 is 19.3 Å². The van der Waals surface area contributed by atoms with Crippen LogP contribution in [0.5, 0.6) is 0 Å². The van der Waals surface area contributed by atoms with Crippen molar-refractivity contribution in [1.82, 2.24) is 25.3 Å². The van der Waals surface area contributed by atoms with E-state index < -0.39 is 18.0 Å². The zero-order chi connectivity index (χ0) is 29.4. The molecule has 4 fully saturated rings. The molecule has 226 valence electrons. The van der Waals surface area contributed by atoms with Gasteiger partial charge in [0.1, 0.15) is 5.60 Å². The van der Waals surface area contributed by atoms with Crippen LogP contribution in [-0.2, 0) is 32.1 Å². The molecule has 4 aliphatic heterocycles. The third kappa shape index (κ3) is 5.52. The molecule has 2 N–H and O–H groups in total. The number of rotatable bonds is 6. The van der Waals surface area contributed by atoms with E-state index in [0.717, 1.165) is 36.9 Å². The molecule has 10 nitrogen and oxygen atoms in total. The van der Waals surface area contributed by atoms with E-state index in [0.29, 0.717) is 56.8 Å². The van der Waals surface area contributed by atoms with Crippen LogP contribution in [0.1, 0.15) is 43.2 Å². The third-order valence-corrected chi connectivity index (χ3v) is 10.5. The number of hydrogen-bond donors (Lipinski definition) is 2. The minimum atomic E-state index is -0.900. The van der Waals surface area contributed by atoms with Crippen molar-refractivity contribution < 1.29 is 19.1 Å². The van der Waals surface area contributed by atoms with Crippen molar-refractivity contribution in [2.24, 2.45) is 5.92 Å². The lowest BCUT2D eigenvalue weighted by atomic mass is 9.68. The van der Waals surface area contributed by atoms with Gasteiger partial charge in [-0.15, -0.1) is 0 Å². The lowest BCUT2D eigenvalue weighted by molar-refractivity contribution is -0.173. The van der Waals surface area contributed by atoms with Crippen molar-refractivity contribution in [3.05, 3.63) is 47.0 Å². The number of nitriles is 1. The number of likely N-dealkylation sites (tertiary alicyclic amines) is 1. The Labute approximate surface area is 252 Å². The zero-order valence-electron chi connectivity index (χ0n) is 24.3. The Morgan fingerprint density at radius 1 is 1.29 bits per heavy atom. The molecular formula is C31H41ClN6O4. The number of Topliss-reactive ketones (excluding diaryl/α,β-unsaturated/α-hetero) is 1. The van der Waals surface area contributed by atoms with Gasteiger partial charge in [-0.3, -0.25) is 25.1 Å². The highest BCUT2D eigenvalue weighted by atomic mass is 35.5. The summed E-state index contributed by atoms with van der Waals surface area (Å²) in [4.78, 5) is 33.3. The molecule has 1 saturated carbocycles. The first kappa shape index (κ1) is 29.7. The van der Waals surface area contributed by atoms with E-state index in [1.165, 1.54) is 6.08 Å². The summed E-state index contributed by atoms with van der Waals surface area (Å²) in [5.41, 5.74) is 1.14. The maximum absolute atomic E-state index is 14.4. The van der Waals surface area contributed by atoms with E-state index in [1.807, 2.05) is 18.2 Å². The second-order valence-corrected chi connectivity index (χ2v) is 12.8. The summed E-state index contributed by atoms with van der Waals surface area (Å²) < 4.78 is 12.8. The fourth-order valence-electron chi connectivity index (χ4n) is 7.70. The normalized spacial score (nSPS) is 35.5. The van der Waals surface area contributed by atoms with Crippen LogP contribution in [0, 0.1) is 17.2 Å². The van der Waals surface area contributed by atoms with Crippen molar-refractivity contribution in [1.29, 1.82) is 5.26 Å². The van der Waals surface area contributed by atoms with Crippen molar-refractivity contribution in [2.45, 2.75) is 81.4 Å². The number of nitrogens with zero attached hydrogens (tertiary/aromatic N) is 4. The van der Waals surface area contributed by atoms with Crippen molar-refractivity contribution >= 4 is 23.3 Å². The number of carbonyl (C=O) groups is 2. The number of hydrogen-bond acceptors (Lipinski definition) is 9. The second-order valence-electron chi connectivity index (χ2n) is 12.4. The molecule has 3 saturated heterocycles. The largest absolute Gasteiger partial charge is 0.362 e. The summed E-state index contributed by atoms with van der Waals surface area (Å²) in [6.45, 7) is 7.25. The van der Waals surface area contributed by atoms with Crippen molar-refractivity contribution in [3.63, 3.8) is 0 Å². The number of halogens is 1. The van der Waals surface area contributed by atoms with E-state index in [4.69, 9.17) is 21.1 Å². The van der Waals surface area contributed by atoms with Gasteiger partial charge in [-0.2, -0.15) is 5.26 Å². The number of ether oxygens (including phenoxy) is 2. The fourth-order valence-corrected chi connectivity index (χ4v) is 7.95. The Kier molecular flexibility index (Phi) is 8.72. The van der Waals surface area contributed by atoms with E-state index in [9.17, 15) is 14.9 Å². The molecule has 42 heavy (non-hydrogen) atoms. The molecule has 1 aromatic carbocycles. The standard InChI is InChI=1S/C31H41ClN6O4/c1-3-26(39)38-15-14-37(17-21(38)10-12-33)29-23-9-11-31(16-20-6-4-8-25(32)24(20)19-42-31)28(40)27(23)34-30(35-29)41-18-22-7-5-13-36(22)2/h3-4,6,8,21-23,27,29-30,34-35H,1,5,7,9-11,13-19H2,2H3/t21?,22?,23?,27?,29?,30?,31-/m1/s1. The van der Waals surface area contributed by atoms with Gasteiger partial charge in [-0.25, -0.2) is 0 Å². The first-order chi connectivity index (χ1) is 20.3. The molecule has 1 amide bonds. The summed E-state index contributed by atoms with van der Waals surface area (Å²) in [7, 11) is 2.12. The van der Waals surface area contributed by atoms with E-state index in [2.05, 4.69) is 40.1 Å². The van der Waals surface area contributed by atoms with Gasteiger partial charge in [0.25, 0.3) is 0 Å². The van der Waals surface area contributed by atoms with Crippen LogP contribution in [0.25, 0.3) is 0 Å².